The molecule has 1 aromatic heterocycles. The van der Waals surface area contributed by atoms with Crippen molar-refractivity contribution >= 4 is 34.1 Å². The second-order valence-electron chi connectivity index (χ2n) is 9.32. The lowest BCUT2D eigenvalue weighted by Gasteiger charge is -2.26. The molecule has 0 aliphatic heterocycles. The third-order valence-corrected chi connectivity index (χ3v) is 7.87. The Labute approximate surface area is 215 Å². The molecule has 5 rings (SSSR count). The van der Waals surface area contributed by atoms with Gasteiger partial charge in [-0.25, -0.2) is 0 Å². The predicted molar refractivity (Wildman–Crippen MR) is 144 cm³/mol. The third-order valence-electron chi connectivity index (χ3n) is 6.81. The van der Waals surface area contributed by atoms with Crippen LogP contribution in [-0.2, 0) is 11.2 Å². The number of hydrogen-bond acceptors (Lipinski definition) is 5. The van der Waals surface area contributed by atoms with Crippen molar-refractivity contribution < 1.29 is 4.79 Å². The number of aromatic nitrogens is 3. The highest BCUT2D eigenvalue weighted by Gasteiger charge is 2.26. The number of amides is 1. The molecule has 0 radical (unpaired) electrons. The van der Waals surface area contributed by atoms with Crippen LogP contribution in [0.5, 0.6) is 0 Å². The number of nitrogens with zero attached hydrogens (tertiary/aromatic N) is 4. The first-order valence-electron chi connectivity index (χ1n) is 12.5. The van der Waals surface area contributed by atoms with Crippen molar-refractivity contribution in [2.24, 2.45) is 0 Å². The van der Waals surface area contributed by atoms with Gasteiger partial charge in [0, 0.05) is 18.2 Å². The summed E-state index contributed by atoms with van der Waals surface area (Å²) in [4.78, 5) is 13.0. The normalized spacial score (nSPS) is 14.9. The fourth-order valence-corrected chi connectivity index (χ4v) is 5.89. The van der Waals surface area contributed by atoms with Gasteiger partial charge in [0.1, 0.15) is 5.82 Å². The molecule has 4 aromatic rings. The second-order valence-corrected chi connectivity index (χ2v) is 10.6. The Hall–Kier alpha value is -3.63. The molecule has 6 nitrogen and oxygen atoms in total. The van der Waals surface area contributed by atoms with Gasteiger partial charge in [-0.05, 0) is 54.3 Å². The minimum atomic E-state index is -0.368. The molecule has 36 heavy (non-hydrogen) atoms. The first kappa shape index (κ1) is 24.1. The molecule has 1 N–H and O–H groups in total. The number of benzene rings is 3. The third kappa shape index (κ3) is 5.29. The summed E-state index contributed by atoms with van der Waals surface area (Å²) >= 11 is 1.45. The summed E-state index contributed by atoms with van der Waals surface area (Å²) in [6, 6.07) is 24.3. The maximum atomic E-state index is 13.0. The molecule has 7 heteroatoms. The Balaban J connectivity index is 1.40. The smallest absolute Gasteiger partial charge is 0.237 e. The molecule has 3 aromatic carbocycles. The van der Waals surface area contributed by atoms with Gasteiger partial charge in [0.05, 0.1) is 16.9 Å². The van der Waals surface area contributed by atoms with Gasteiger partial charge in [-0.2, -0.15) is 5.26 Å². The quantitative estimate of drug-likeness (QED) is 0.295. The summed E-state index contributed by atoms with van der Waals surface area (Å²) in [5, 5.41) is 24.2. The first-order valence-corrected chi connectivity index (χ1v) is 13.4. The molecular weight excluding hydrogens is 466 g/mol. The van der Waals surface area contributed by atoms with Crippen molar-refractivity contribution in [2.75, 3.05) is 5.32 Å². The van der Waals surface area contributed by atoms with Gasteiger partial charge in [0.15, 0.2) is 5.16 Å². The van der Waals surface area contributed by atoms with Crippen LogP contribution in [0.15, 0.2) is 71.9 Å². The standard InChI is InChI=1S/C29H29N5OS/c1-20(28(35)31-24-13-7-9-21(17-24)19-30)36-29-33-32-27(34(29)25-14-3-2-4-15-25)18-23-12-8-11-22-10-5-6-16-26(22)23/h5-13,16-17,20,25H,2-4,14-15,18H2,1H3,(H,31,35)/t20-/m0/s1. The maximum absolute atomic E-state index is 13.0. The van der Waals surface area contributed by atoms with Crippen molar-refractivity contribution in [2.45, 2.75) is 61.9 Å². The molecule has 0 bridgehead atoms. The molecule has 1 saturated carbocycles. The molecule has 0 saturated heterocycles. The maximum Gasteiger partial charge on any atom is 0.237 e. The molecule has 0 unspecified atom stereocenters. The van der Waals surface area contributed by atoms with Gasteiger partial charge in [0.25, 0.3) is 0 Å². The predicted octanol–water partition coefficient (Wildman–Crippen LogP) is 6.52. The summed E-state index contributed by atoms with van der Waals surface area (Å²) in [5.74, 6) is 0.832. The van der Waals surface area contributed by atoms with Crippen molar-refractivity contribution in [3.63, 3.8) is 0 Å². The van der Waals surface area contributed by atoms with Crippen LogP contribution in [0.2, 0.25) is 0 Å². The molecule has 0 spiro atoms. The zero-order chi connectivity index (χ0) is 24.9. The van der Waals surface area contributed by atoms with E-state index in [4.69, 9.17) is 5.26 Å². The minimum absolute atomic E-state index is 0.121. The van der Waals surface area contributed by atoms with E-state index in [1.54, 1.807) is 24.3 Å². The van der Waals surface area contributed by atoms with E-state index in [1.165, 1.54) is 47.4 Å². The highest BCUT2D eigenvalue weighted by atomic mass is 32.2. The van der Waals surface area contributed by atoms with Crippen LogP contribution in [0.25, 0.3) is 10.8 Å². The number of nitrogens with one attached hydrogen (secondary N) is 1. The number of anilines is 1. The van der Waals surface area contributed by atoms with Gasteiger partial charge >= 0.3 is 0 Å². The zero-order valence-corrected chi connectivity index (χ0v) is 21.2. The Morgan fingerprint density at radius 2 is 1.86 bits per heavy atom. The van der Waals surface area contributed by atoms with E-state index in [0.717, 1.165) is 23.8 Å². The molecule has 1 heterocycles. The number of carbonyl (C=O) groups excluding carboxylic acids is 1. The van der Waals surface area contributed by atoms with Crippen LogP contribution >= 0.6 is 11.8 Å². The number of fused-ring (bicyclic) bond motifs is 1. The largest absolute Gasteiger partial charge is 0.325 e. The van der Waals surface area contributed by atoms with E-state index in [1.807, 2.05) is 6.92 Å². The van der Waals surface area contributed by atoms with Crippen molar-refractivity contribution in [1.29, 1.82) is 5.26 Å². The Morgan fingerprint density at radius 1 is 1.08 bits per heavy atom. The number of nitriles is 1. The molecule has 1 aliphatic carbocycles. The summed E-state index contributed by atoms with van der Waals surface area (Å²) < 4.78 is 2.30. The highest BCUT2D eigenvalue weighted by molar-refractivity contribution is 8.00. The van der Waals surface area contributed by atoms with E-state index in [2.05, 4.69) is 68.6 Å². The molecular formula is C29H29N5OS. The fourth-order valence-electron chi connectivity index (χ4n) is 4.95. The molecule has 1 fully saturated rings. The molecule has 1 amide bonds. The number of hydrogen-bond donors (Lipinski definition) is 1. The van der Waals surface area contributed by atoms with E-state index in [9.17, 15) is 4.79 Å². The SMILES string of the molecule is C[C@H](Sc1nnc(Cc2cccc3ccccc23)n1C1CCCCC1)C(=O)Nc1cccc(C#N)c1. The number of thioether (sulfide) groups is 1. The van der Waals surface area contributed by atoms with Crippen LogP contribution in [0.1, 0.15) is 62.0 Å². The van der Waals surface area contributed by atoms with Crippen LogP contribution in [0.3, 0.4) is 0 Å². The monoisotopic (exact) mass is 495 g/mol. The van der Waals surface area contributed by atoms with Gasteiger partial charge in [-0.15, -0.1) is 10.2 Å². The summed E-state index contributed by atoms with van der Waals surface area (Å²) in [5.41, 5.74) is 2.37. The zero-order valence-electron chi connectivity index (χ0n) is 20.4. The lowest BCUT2D eigenvalue weighted by molar-refractivity contribution is -0.115. The Bertz CT molecular complexity index is 1410. The van der Waals surface area contributed by atoms with Crippen LogP contribution < -0.4 is 5.32 Å². The number of rotatable bonds is 7. The number of carbonyl (C=O) groups is 1. The van der Waals surface area contributed by atoms with E-state index >= 15 is 0 Å². The van der Waals surface area contributed by atoms with Gasteiger partial charge in [0.2, 0.25) is 5.91 Å². The van der Waals surface area contributed by atoms with Crippen LogP contribution in [0, 0.1) is 11.3 Å². The lowest BCUT2D eigenvalue weighted by Crippen LogP contribution is -2.24. The van der Waals surface area contributed by atoms with Gasteiger partial charge in [-0.1, -0.05) is 79.6 Å². The van der Waals surface area contributed by atoms with Crippen LogP contribution in [0.4, 0.5) is 5.69 Å². The minimum Gasteiger partial charge on any atom is -0.325 e. The fraction of sp³-hybridized carbons (Fsp3) is 0.310. The van der Waals surface area contributed by atoms with E-state index in [-0.39, 0.29) is 11.2 Å². The van der Waals surface area contributed by atoms with Crippen molar-refractivity contribution in [3.05, 3.63) is 83.7 Å². The van der Waals surface area contributed by atoms with Gasteiger partial charge < -0.3 is 9.88 Å². The van der Waals surface area contributed by atoms with Crippen LogP contribution in [-0.4, -0.2) is 25.9 Å². The average molecular weight is 496 g/mol. The Kier molecular flexibility index (Phi) is 7.33. The Morgan fingerprint density at radius 3 is 2.69 bits per heavy atom. The topological polar surface area (TPSA) is 83.6 Å². The second kappa shape index (κ2) is 11.0. The summed E-state index contributed by atoms with van der Waals surface area (Å²) in [6.45, 7) is 1.89. The highest BCUT2D eigenvalue weighted by Crippen LogP contribution is 2.35. The summed E-state index contributed by atoms with van der Waals surface area (Å²) in [6.07, 6.45) is 6.58. The lowest BCUT2D eigenvalue weighted by atomic mass is 9.95. The van der Waals surface area contributed by atoms with Crippen molar-refractivity contribution in [1.82, 2.24) is 14.8 Å². The average Bonchev–Trinajstić information content (AvgIpc) is 3.31. The van der Waals surface area contributed by atoms with Gasteiger partial charge in [-0.3, -0.25) is 4.79 Å². The van der Waals surface area contributed by atoms with E-state index in [0.29, 0.717) is 23.7 Å². The molecule has 1 atom stereocenters. The van der Waals surface area contributed by atoms with Crippen molar-refractivity contribution in [3.8, 4) is 6.07 Å². The molecule has 182 valence electrons. The summed E-state index contributed by atoms with van der Waals surface area (Å²) in [7, 11) is 0. The molecule has 1 aliphatic rings. The van der Waals surface area contributed by atoms with E-state index < -0.39 is 0 Å². The first-order chi connectivity index (χ1) is 17.6.